The van der Waals surface area contributed by atoms with Gasteiger partial charge >= 0.3 is 0 Å². The van der Waals surface area contributed by atoms with Crippen molar-refractivity contribution in [3.63, 3.8) is 0 Å². The maximum Gasteiger partial charge on any atom is 0.244 e. The van der Waals surface area contributed by atoms with Gasteiger partial charge in [-0.3, -0.25) is 4.79 Å². The molecule has 1 atom stereocenters. The predicted octanol–water partition coefficient (Wildman–Crippen LogP) is 2.70. The molecule has 0 aliphatic carbocycles. The van der Waals surface area contributed by atoms with Crippen LogP contribution in [-0.4, -0.2) is 22.5 Å². The molecule has 0 saturated carbocycles. The van der Waals surface area contributed by atoms with E-state index in [0.29, 0.717) is 11.3 Å². The van der Waals surface area contributed by atoms with Crippen molar-refractivity contribution >= 4 is 23.3 Å². The lowest BCUT2D eigenvalue weighted by molar-refractivity contribution is -0.117. The van der Waals surface area contributed by atoms with Crippen LogP contribution in [0.5, 0.6) is 0 Å². The summed E-state index contributed by atoms with van der Waals surface area (Å²) >= 11 is 1.52. The Labute approximate surface area is 133 Å². The van der Waals surface area contributed by atoms with Crippen molar-refractivity contribution < 1.29 is 14.3 Å². The Morgan fingerprint density at radius 2 is 2.23 bits per heavy atom. The number of aliphatic hydroxyl groups is 1. The lowest BCUT2D eigenvalue weighted by Crippen LogP contribution is -2.38. The standard InChI is InChI=1S/C16H20N2O3S/c1-10-7-14(11(2)21-10)16(4,20)9-18-15(19)6-5-13-8-17-12(3)22-13/h5-8,20H,9H2,1-4H3,(H,18,19). The highest BCUT2D eigenvalue weighted by Gasteiger charge is 2.27. The first-order valence-electron chi connectivity index (χ1n) is 6.96. The summed E-state index contributed by atoms with van der Waals surface area (Å²) in [6.07, 6.45) is 4.87. The first-order chi connectivity index (χ1) is 10.3. The average molecular weight is 320 g/mol. The highest BCUT2D eigenvalue weighted by molar-refractivity contribution is 7.12. The summed E-state index contributed by atoms with van der Waals surface area (Å²) in [6.45, 7) is 7.29. The molecule has 1 unspecified atom stereocenters. The van der Waals surface area contributed by atoms with Crippen molar-refractivity contribution in [2.24, 2.45) is 0 Å². The van der Waals surface area contributed by atoms with E-state index in [1.165, 1.54) is 17.4 Å². The van der Waals surface area contributed by atoms with Gasteiger partial charge in [0, 0.05) is 22.7 Å². The molecule has 2 rings (SSSR count). The number of aromatic nitrogens is 1. The smallest absolute Gasteiger partial charge is 0.244 e. The molecule has 0 bridgehead atoms. The van der Waals surface area contributed by atoms with Crippen LogP contribution in [0.1, 0.15) is 33.9 Å². The molecule has 0 aliphatic rings. The second kappa shape index (κ2) is 6.46. The summed E-state index contributed by atoms with van der Waals surface area (Å²) in [5.74, 6) is 1.14. The minimum absolute atomic E-state index is 0.109. The fraction of sp³-hybridized carbons (Fsp3) is 0.375. The third-order valence-corrected chi connectivity index (χ3v) is 4.14. The van der Waals surface area contributed by atoms with Gasteiger partial charge in [0.05, 0.1) is 11.6 Å². The van der Waals surface area contributed by atoms with Crippen LogP contribution in [-0.2, 0) is 10.4 Å². The fourth-order valence-corrected chi connectivity index (χ4v) is 2.88. The molecule has 2 aromatic heterocycles. The number of hydrogen-bond donors (Lipinski definition) is 2. The Hall–Kier alpha value is -1.92. The van der Waals surface area contributed by atoms with Crippen molar-refractivity contribution in [3.05, 3.63) is 45.3 Å². The average Bonchev–Trinajstić information content (AvgIpc) is 3.00. The number of amides is 1. The van der Waals surface area contributed by atoms with E-state index in [4.69, 9.17) is 4.42 Å². The van der Waals surface area contributed by atoms with Crippen LogP contribution in [0, 0.1) is 20.8 Å². The molecule has 0 aliphatic heterocycles. The Bertz CT molecular complexity index is 698. The molecule has 5 nitrogen and oxygen atoms in total. The van der Waals surface area contributed by atoms with Crippen LogP contribution in [0.3, 0.4) is 0 Å². The van der Waals surface area contributed by atoms with Gasteiger partial charge in [-0.25, -0.2) is 4.98 Å². The molecule has 2 heterocycles. The predicted molar refractivity (Wildman–Crippen MR) is 86.6 cm³/mol. The maximum atomic E-state index is 11.8. The van der Waals surface area contributed by atoms with Crippen LogP contribution in [0.4, 0.5) is 0 Å². The molecular weight excluding hydrogens is 300 g/mol. The van der Waals surface area contributed by atoms with E-state index in [1.54, 1.807) is 32.2 Å². The number of thiazole rings is 1. The number of nitrogens with zero attached hydrogens (tertiary/aromatic N) is 1. The summed E-state index contributed by atoms with van der Waals surface area (Å²) in [7, 11) is 0. The molecule has 0 fully saturated rings. The first-order valence-corrected chi connectivity index (χ1v) is 7.78. The number of furan rings is 1. The molecule has 1 amide bonds. The second-order valence-electron chi connectivity index (χ2n) is 5.43. The Kier molecular flexibility index (Phi) is 4.83. The summed E-state index contributed by atoms with van der Waals surface area (Å²) < 4.78 is 5.42. The number of aryl methyl sites for hydroxylation is 3. The maximum absolute atomic E-state index is 11.8. The lowest BCUT2D eigenvalue weighted by Gasteiger charge is -2.22. The fourth-order valence-electron chi connectivity index (χ4n) is 2.19. The largest absolute Gasteiger partial charge is 0.466 e. The van der Waals surface area contributed by atoms with E-state index in [2.05, 4.69) is 10.3 Å². The zero-order valence-electron chi connectivity index (χ0n) is 13.1. The van der Waals surface area contributed by atoms with E-state index < -0.39 is 5.60 Å². The quantitative estimate of drug-likeness (QED) is 0.831. The number of rotatable bonds is 5. The lowest BCUT2D eigenvalue weighted by atomic mass is 9.96. The molecule has 22 heavy (non-hydrogen) atoms. The summed E-state index contributed by atoms with van der Waals surface area (Å²) in [4.78, 5) is 16.9. The molecule has 0 aromatic carbocycles. The number of carbonyl (C=O) groups is 1. The van der Waals surface area contributed by atoms with Gasteiger partial charge < -0.3 is 14.8 Å². The minimum atomic E-state index is -1.17. The van der Waals surface area contributed by atoms with Gasteiger partial charge in [0.25, 0.3) is 0 Å². The SMILES string of the molecule is Cc1cc(C(C)(O)CNC(=O)C=Cc2cnc(C)s2)c(C)o1. The van der Waals surface area contributed by atoms with Gasteiger partial charge in [0.1, 0.15) is 17.1 Å². The van der Waals surface area contributed by atoms with Gasteiger partial charge in [0.15, 0.2) is 0 Å². The number of carbonyl (C=O) groups excluding carboxylic acids is 1. The van der Waals surface area contributed by atoms with Crippen molar-refractivity contribution in [2.75, 3.05) is 6.54 Å². The molecule has 0 radical (unpaired) electrons. The third-order valence-electron chi connectivity index (χ3n) is 3.27. The van der Waals surface area contributed by atoms with Crippen LogP contribution < -0.4 is 5.32 Å². The van der Waals surface area contributed by atoms with E-state index in [-0.39, 0.29) is 12.5 Å². The summed E-state index contributed by atoms with van der Waals surface area (Å²) in [6, 6.07) is 1.79. The highest BCUT2D eigenvalue weighted by atomic mass is 32.1. The highest BCUT2D eigenvalue weighted by Crippen LogP contribution is 2.26. The number of nitrogens with one attached hydrogen (secondary N) is 1. The number of hydrogen-bond acceptors (Lipinski definition) is 5. The van der Waals surface area contributed by atoms with E-state index >= 15 is 0 Å². The van der Waals surface area contributed by atoms with Crippen molar-refractivity contribution in [1.82, 2.24) is 10.3 Å². The summed E-state index contributed by atoms with van der Waals surface area (Å²) in [5, 5.41) is 14.2. The molecular formula is C16H20N2O3S. The first kappa shape index (κ1) is 16.5. The van der Waals surface area contributed by atoms with E-state index in [0.717, 1.165) is 15.6 Å². The molecule has 0 saturated heterocycles. The van der Waals surface area contributed by atoms with E-state index in [9.17, 15) is 9.90 Å². The summed E-state index contributed by atoms with van der Waals surface area (Å²) in [5.41, 5.74) is -0.487. The van der Waals surface area contributed by atoms with Gasteiger partial charge in [-0.2, -0.15) is 0 Å². The topological polar surface area (TPSA) is 75.4 Å². The normalized spacial score (nSPS) is 14.2. The molecule has 2 N–H and O–H groups in total. The minimum Gasteiger partial charge on any atom is -0.466 e. The zero-order valence-corrected chi connectivity index (χ0v) is 14.0. The van der Waals surface area contributed by atoms with Gasteiger partial charge in [-0.05, 0) is 39.8 Å². The monoisotopic (exact) mass is 320 g/mol. The molecule has 2 aromatic rings. The van der Waals surface area contributed by atoms with Crippen molar-refractivity contribution in [3.8, 4) is 0 Å². The molecule has 118 valence electrons. The molecule has 6 heteroatoms. The third kappa shape index (κ3) is 4.05. The van der Waals surface area contributed by atoms with Crippen molar-refractivity contribution in [1.29, 1.82) is 0 Å². The Balaban J connectivity index is 1.95. The Morgan fingerprint density at radius 1 is 1.50 bits per heavy atom. The van der Waals surface area contributed by atoms with Crippen LogP contribution in [0.15, 0.2) is 22.8 Å². The molecule has 0 spiro atoms. The zero-order chi connectivity index (χ0) is 16.3. The van der Waals surface area contributed by atoms with Crippen LogP contribution in [0.25, 0.3) is 6.08 Å². The Morgan fingerprint density at radius 3 is 2.77 bits per heavy atom. The van der Waals surface area contributed by atoms with Crippen LogP contribution in [0.2, 0.25) is 0 Å². The van der Waals surface area contributed by atoms with Gasteiger partial charge in [0.2, 0.25) is 5.91 Å². The van der Waals surface area contributed by atoms with E-state index in [1.807, 2.05) is 13.8 Å². The van der Waals surface area contributed by atoms with Gasteiger partial charge in [-0.1, -0.05) is 0 Å². The second-order valence-corrected chi connectivity index (χ2v) is 6.70. The van der Waals surface area contributed by atoms with Gasteiger partial charge in [-0.15, -0.1) is 11.3 Å². The van der Waals surface area contributed by atoms with Crippen LogP contribution >= 0.6 is 11.3 Å². The van der Waals surface area contributed by atoms with Crippen molar-refractivity contribution in [2.45, 2.75) is 33.3 Å².